The van der Waals surface area contributed by atoms with Crippen LogP contribution in [0.5, 0.6) is 23.0 Å². The summed E-state index contributed by atoms with van der Waals surface area (Å²) in [6.45, 7) is -0.214. The van der Waals surface area contributed by atoms with Gasteiger partial charge in [-0.15, -0.1) is 0 Å². The van der Waals surface area contributed by atoms with E-state index in [4.69, 9.17) is 30.5 Å². The average Bonchev–Trinajstić information content (AvgIpc) is 2.59. The van der Waals surface area contributed by atoms with Crippen LogP contribution in [0.2, 0.25) is 0 Å². The zero-order chi connectivity index (χ0) is 16.8. The van der Waals surface area contributed by atoms with Crippen molar-refractivity contribution in [3.8, 4) is 34.1 Å². The monoisotopic (exact) mass is 336 g/mol. The van der Waals surface area contributed by atoms with Crippen LogP contribution < -0.4 is 18.9 Å². The molecule has 0 amide bonds. The lowest BCUT2D eigenvalue weighted by Gasteiger charge is -2.14. The standard InChI is InChI=1S/C17H17ClO5/c1-20-12-5-7-14(23-10-17(18)19)13(9-12)11-4-6-15(21-2)16(8-11)22-3/h4-9H,10H2,1-3H3. The van der Waals surface area contributed by atoms with Crippen LogP contribution in [-0.2, 0) is 4.79 Å². The zero-order valence-corrected chi connectivity index (χ0v) is 13.8. The third kappa shape index (κ3) is 4.07. The second-order valence-electron chi connectivity index (χ2n) is 4.58. The van der Waals surface area contributed by atoms with Gasteiger partial charge in [-0.1, -0.05) is 6.07 Å². The first-order chi connectivity index (χ1) is 11.1. The van der Waals surface area contributed by atoms with Gasteiger partial charge in [-0.2, -0.15) is 0 Å². The molecule has 0 unspecified atom stereocenters. The molecule has 6 heteroatoms. The van der Waals surface area contributed by atoms with Gasteiger partial charge in [-0.05, 0) is 47.5 Å². The molecule has 0 saturated heterocycles. The molecule has 2 aromatic rings. The average molecular weight is 337 g/mol. The largest absolute Gasteiger partial charge is 0.497 e. The topological polar surface area (TPSA) is 54.0 Å². The Bertz CT molecular complexity index is 699. The Hall–Kier alpha value is -2.40. The predicted molar refractivity (Wildman–Crippen MR) is 87.9 cm³/mol. The third-order valence-electron chi connectivity index (χ3n) is 3.22. The molecule has 0 spiro atoms. The second-order valence-corrected chi connectivity index (χ2v) is 5.00. The first-order valence-electron chi connectivity index (χ1n) is 6.80. The summed E-state index contributed by atoms with van der Waals surface area (Å²) in [6.07, 6.45) is 0. The van der Waals surface area contributed by atoms with Gasteiger partial charge < -0.3 is 18.9 Å². The van der Waals surface area contributed by atoms with E-state index < -0.39 is 5.24 Å². The van der Waals surface area contributed by atoms with Crippen LogP contribution in [0.1, 0.15) is 0 Å². The molecule has 2 aromatic carbocycles. The zero-order valence-electron chi connectivity index (χ0n) is 13.1. The Morgan fingerprint density at radius 2 is 1.61 bits per heavy atom. The van der Waals surface area contributed by atoms with E-state index in [1.54, 1.807) is 39.5 Å². The summed E-state index contributed by atoms with van der Waals surface area (Å²) in [7, 11) is 4.72. The Kier molecular flexibility index (Phi) is 5.71. The summed E-state index contributed by atoms with van der Waals surface area (Å²) in [4.78, 5) is 11.0. The highest BCUT2D eigenvalue weighted by molar-refractivity contribution is 6.63. The molecule has 0 atom stereocenters. The summed E-state index contributed by atoms with van der Waals surface area (Å²) in [5, 5.41) is -0.570. The van der Waals surface area contributed by atoms with E-state index in [2.05, 4.69) is 0 Å². The predicted octanol–water partition coefficient (Wildman–Crippen LogP) is 3.52. The molecule has 2 rings (SSSR count). The molecule has 122 valence electrons. The molecule has 0 heterocycles. The number of rotatable bonds is 7. The van der Waals surface area contributed by atoms with Crippen molar-refractivity contribution in [2.75, 3.05) is 27.9 Å². The lowest BCUT2D eigenvalue weighted by atomic mass is 10.0. The molecule has 0 radical (unpaired) electrons. The Morgan fingerprint density at radius 3 is 2.22 bits per heavy atom. The van der Waals surface area contributed by atoms with Crippen LogP contribution >= 0.6 is 11.6 Å². The van der Waals surface area contributed by atoms with Crippen molar-refractivity contribution in [3.63, 3.8) is 0 Å². The van der Waals surface area contributed by atoms with Crippen LogP contribution in [0.4, 0.5) is 0 Å². The van der Waals surface area contributed by atoms with Crippen LogP contribution in [0.3, 0.4) is 0 Å². The van der Waals surface area contributed by atoms with Gasteiger partial charge in [0.05, 0.1) is 21.3 Å². The van der Waals surface area contributed by atoms with E-state index in [9.17, 15) is 4.79 Å². The molecule has 0 aliphatic rings. The first-order valence-corrected chi connectivity index (χ1v) is 7.18. The number of carbonyl (C=O) groups excluding carboxylic acids is 1. The third-order valence-corrected chi connectivity index (χ3v) is 3.33. The molecule has 0 bridgehead atoms. The fourth-order valence-electron chi connectivity index (χ4n) is 2.13. The number of halogens is 1. The maximum Gasteiger partial charge on any atom is 0.259 e. The highest BCUT2D eigenvalue weighted by atomic mass is 35.5. The molecule has 23 heavy (non-hydrogen) atoms. The molecule has 0 N–H and O–H groups in total. The minimum Gasteiger partial charge on any atom is -0.497 e. The van der Waals surface area contributed by atoms with E-state index in [-0.39, 0.29) is 6.61 Å². The molecule has 0 saturated carbocycles. The Morgan fingerprint density at radius 1 is 0.913 bits per heavy atom. The number of hydrogen-bond acceptors (Lipinski definition) is 5. The van der Waals surface area contributed by atoms with E-state index in [0.717, 1.165) is 11.1 Å². The Balaban J connectivity index is 2.48. The van der Waals surface area contributed by atoms with Gasteiger partial charge in [0.2, 0.25) is 0 Å². The lowest BCUT2D eigenvalue weighted by Crippen LogP contribution is -2.05. The molecule has 0 aliphatic carbocycles. The smallest absolute Gasteiger partial charge is 0.259 e. The summed E-state index contributed by atoms with van der Waals surface area (Å²) in [5.74, 6) is 2.40. The van der Waals surface area contributed by atoms with Crippen molar-refractivity contribution in [2.24, 2.45) is 0 Å². The number of benzene rings is 2. The molecule has 0 aliphatic heterocycles. The van der Waals surface area contributed by atoms with Crippen molar-refractivity contribution < 1.29 is 23.7 Å². The van der Waals surface area contributed by atoms with Crippen LogP contribution in [0.25, 0.3) is 11.1 Å². The fourth-order valence-corrected chi connectivity index (χ4v) is 2.18. The highest BCUT2D eigenvalue weighted by Crippen LogP contribution is 2.38. The van der Waals surface area contributed by atoms with Crippen LogP contribution in [0, 0.1) is 0 Å². The van der Waals surface area contributed by atoms with E-state index in [1.165, 1.54) is 0 Å². The first kappa shape index (κ1) is 17.0. The van der Waals surface area contributed by atoms with Crippen LogP contribution in [-0.4, -0.2) is 33.2 Å². The summed E-state index contributed by atoms with van der Waals surface area (Å²) < 4.78 is 21.3. The number of methoxy groups -OCH3 is 3. The lowest BCUT2D eigenvalue weighted by molar-refractivity contribution is -0.113. The fraction of sp³-hybridized carbons (Fsp3) is 0.235. The van der Waals surface area contributed by atoms with Gasteiger partial charge in [0.15, 0.2) is 18.1 Å². The molecular formula is C17H17ClO5. The number of carbonyl (C=O) groups is 1. The van der Waals surface area contributed by atoms with Gasteiger partial charge in [0.25, 0.3) is 5.24 Å². The second kappa shape index (κ2) is 7.74. The van der Waals surface area contributed by atoms with Crippen LogP contribution in [0.15, 0.2) is 36.4 Å². The summed E-state index contributed by atoms with van der Waals surface area (Å²) in [6, 6.07) is 10.8. The molecular weight excluding hydrogens is 320 g/mol. The van der Waals surface area contributed by atoms with E-state index in [1.807, 2.05) is 18.2 Å². The minimum absolute atomic E-state index is 0.214. The minimum atomic E-state index is -0.570. The molecule has 0 aromatic heterocycles. The van der Waals surface area contributed by atoms with Gasteiger partial charge in [-0.25, -0.2) is 0 Å². The van der Waals surface area contributed by atoms with Crippen molar-refractivity contribution in [1.82, 2.24) is 0 Å². The van der Waals surface area contributed by atoms with Crippen molar-refractivity contribution in [3.05, 3.63) is 36.4 Å². The maximum atomic E-state index is 11.0. The van der Waals surface area contributed by atoms with Gasteiger partial charge >= 0.3 is 0 Å². The van der Waals surface area contributed by atoms with Gasteiger partial charge in [-0.3, -0.25) is 4.79 Å². The van der Waals surface area contributed by atoms with Gasteiger partial charge in [0.1, 0.15) is 11.5 Å². The van der Waals surface area contributed by atoms with Crippen molar-refractivity contribution in [1.29, 1.82) is 0 Å². The normalized spacial score (nSPS) is 10.1. The van der Waals surface area contributed by atoms with Crippen molar-refractivity contribution in [2.45, 2.75) is 0 Å². The van der Waals surface area contributed by atoms with E-state index >= 15 is 0 Å². The quantitative estimate of drug-likeness (QED) is 0.724. The highest BCUT2D eigenvalue weighted by Gasteiger charge is 2.13. The number of ether oxygens (including phenoxy) is 4. The van der Waals surface area contributed by atoms with Gasteiger partial charge in [0, 0.05) is 5.56 Å². The summed E-state index contributed by atoms with van der Waals surface area (Å²) in [5.41, 5.74) is 1.58. The maximum absolute atomic E-state index is 11.0. The Labute approximate surface area is 139 Å². The molecule has 0 fully saturated rings. The van der Waals surface area contributed by atoms with E-state index in [0.29, 0.717) is 23.0 Å². The number of hydrogen-bond donors (Lipinski definition) is 0. The summed E-state index contributed by atoms with van der Waals surface area (Å²) >= 11 is 5.35. The molecule has 5 nitrogen and oxygen atoms in total. The SMILES string of the molecule is COc1ccc(OCC(=O)Cl)c(-c2ccc(OC)c(OC)c2)c1. The van der Waals surface area contributed by atoms with Crippen molar-refractivity contribution >= 4 is 16.8 Å².